The number of sulfonamides is 1. The fraction of sp³-hybridized carbons (Fsp3) is 0.571. The van der Waals surface area contributed by atoms with Crippen LogP contribution in [0.3, 0.4) is 0 Å². The molecule has 0 aliphatic carbocycles. The molecule has 0 bridgehead atoms. The molecule has 118 valence electrons. The molecule has 21 heavy (non-hydrogen) atoms. The molecule has 1 unspecified atom stereocenters. The van der Waals surface area contributed by atoms with Crippen molar-refractivity contribution in [2.75, 3.05) is 31.2 Å². The molecule has 1 saturated heterocycles. The monoisotopic (exact) mass is 330 g/mol. The maximum atomic E-state index is 12.6. The molecular formula is C14H22N2O3S2. The molecule has 0 radical (unpaired) electrons. The van der Waals surface area contributed by atoms with Gasteiger partial charge in [0.25, 0.3) is 0 Å². The maximum absolute atomic E-state index is 12.6. The summed E-state index contributed by atoms with van der Waals surface area (Å²) in [6.07, 6.45) is 0.781. The van der Waals surface area contributed by atoms with Crippen LogP contribution in [0, 0.1) is 0 Å². The highest BCUT2D eigenvalue weighted by molar-refractivity contribution is 7.99. The van der Waals surface area contributed by atoms with Gasteiger partial charge in [-0.1, -0.05) is 0 Å². The van der Waals surface area contributed by atoms with E-state index in [0.717, 1.165) is 17.9 Å². The van der Waals surface area contributed by atoms with Gasteiger partial charge in [0.1, 0.15) is 5.75 Å². The van der Waals surface area contributed by atoms with E-state index in [4.69, 9.17) is 10.5 Å². The number of hydrogen-bond acceptors (Lipinski definition) is 5. The van der Waals surface area contributed by atoms with E-state index in [1.807, 2.05) is 6.92 Å². The Morgan fingerprint density at radius 1 is 1.38 bits per heavy atom. The predicted molar refractivity (Wildman–Crippen MR) is 86.3 cm³/mol. The number of thioether (sulfide) groups is 1. The molecule has 7 heteroatoms. The Labute approximate surface area is 130 Å². The van der Waals surface area contributed by atoms with Crippen molar-refractivity contribution in [3.8, 4) is 5.75 Å². The topological polar surface area (TPSA) is 72.6 Å². The van der Waals surface area contributed by atoms with E-state index in [9.17, 15) is 8.42 Å². The Balaban J connectivity index is 2.09. The fourth-order valence-corrected chi connectivity index (χ4v) is 5.04. The lowest BCUT2D eigenvalue weighted by molar-refractivity contribution is 0.313. The zero-order valence-corrected chi connectivity index (χ0v) is 13.8. The van der Waals surface area contributed by atoms with Crippen molar-refractivity contribution in [3.05, 3.63) is 24.3 Å². The van der Waals surface area contributed by atoms with Crippen molar-refractivity contribution in [1.29, 1.82) is 0 Å². The summed E-state index contributed by atoms with van der Waals surface area (Å²) >= 11 is 1.80. The molecule has 5 nitrogen and oxygen atoms in total. The SMILES string of the molecule is CC1CSCCN1S(=O)(=O)c1ccc(OCCCN)cc1. The molecule has 0 spiro atoms. The summed E-state index contributed by atoms with van der Waals surface area (Å²) < 4.78 is 32.3. The largest absolute Gasteiger partial charge is 0.494 e. The summed E-state index contributed by atoms with van der Waals surface area (Å²) in [5.74, 6) is 2.37. The van der Waals surface area contributed by atoms with Crippen LogP contribution in [-0.4, -0.2) is 50.0 Å². The third-order valence-electron chi connectivity index (χ3n) is 3.35. The Morgan fingerprint density at radius 2 is 2.10 bits per heavy atom. The lowest BCUT2D eigenvalue weighted by Crippen LogP contribution is -2.44. The van der Waals surface area contributed by atoms with Crippen LogP contribution in [0.5, 0.6) is 5.75 Å². The summed E-state index contributed by atoms with van der Waals surface area (Å²) in [5.41, 5.74) is 5.40. The van der Waals surface area contributed by atoms with E-state index in [1.54, 1.807) is 40.3 Å². The van der Waals surface area contributed by atoms with Gasteiger partial charge in [0.2, 0.25) is 10.0 Å². The van der Waals surface area contributed by atoms with Gasteiger partial charge in [-0.15, -0.1) is 0 Å². The minimum Gasteiger partial charge on any atom is -0.494 e. The van der Waals surface area contributed by atoms with Crippen molar-refractivity contribution >= 4 is 21.8 Å². The van der Waals surface area contributed by atoms with Crippen LogP contribution in [0.15, 0.2) is 29.2 Å². The molecular weight excluding hydrogens is 308 g/mol. The van der Waals surface area contributed by atoms with Crippen LogP contribution in [-0.2, 0) is 10.0 Å². The van der Waals surface area contributed by atoms with Crippen molar-refractivity contribution < 1.29 is 13.2 Å². The summed E-state index contributed by atoms with van der Waals surface area (Å²) in [5, 5.41) is 0. The quantitative estimate of drug-likeness (QED) is 0.801. The first kappa shape index (κ1) is 16.6. The number of hydrogen-bond donors (Lipinski definition) is 1. The van der Waals surface area contributed by atoms with E-state index >= 15 is 0 Å². The lowest BCUT2D eigenvalue weighted by atomic mass is 10.3. The number of rotatable bonds is 6. The molecule has 1 fully saturated rings. The molecule has 2 N–H and O–H groups in total. The maximum Gasteiger partial charge on any atom is 0.243 e. The van der Waals surface area contributed by atoms with E-state index in [2.05, 4.69) is 0 Å². The molecule has 2 rings (SSSR count). The highest BCUT2D eigenvalue weighted by atomic mass is 32.2. The molecule has 1 heterocycles. The molecule has 0 saturated carbocycles. The first-order valence-electron chi connectivity index (χ1n) is 7.08. The minimum absolute atomic E-state index is 0.0363. The molecule has 1 atom stereocenters. The predicted octanol–water partition coefficient (Wildman–Crippen LogP) is 1.54. The van der Waals surface area contributed by atoms with Gasteiger partial charge in [-0.2, -0.15) is 16.1 Å². The molecule has 1 aromatic rings. The average molecular weight is 330 g/mol. The Bertz CT molecular complexity index is 546. The molecule has 0 amide bonds. The summed E-state index contributed by atoms with van der Waals surface area (Å²) in [6.45, 7) is 3.65. The van der Waals surface area contributed by atoms with Crippen LogP contribution < -0.4 is 10.5 Å². The van der Waals surface area contributed by atoms with E-state index < -0.39 is 10.0 Å². The number of ether oxygens (including phenoxy) is 1. The van der Waals surface area contributed by atoms with Crippen molar-refractivity contribution in [3.63, 3.8) is 0 Å². The summed E-state index contributed by atoms with van der Waals surface area (Å²) in [4.78, 5) is 0.326. The Hall–Kier alpha value is -0.760. The van der Waals surface area contributed by atoms with Crippen molar-refractivity contribution in [2.45, 2.75) is 24.3 Å². The van der Waals surface area contributed by atoms with Gasteiger partial charge in [-0.3, -0.25) is 0 Å². The lowest BCUT2D eigenvalue weighted by Gasteiger charge is -2.31. The second-order valence-electron chi connectivity index (χ2n) is 5.00. The second kappa shape index (κ2) is 7.49. The normalized spacial score (nSPS) is 20.4. The average Bonchev–Trinajstić information content (AvgIpc) is 2.48. The molecule has 1 aliphatic heterocycles. The Morgan fingerprint density at radius 3 is 2.71 bits per heavy atom. The molecule has 1 aliphatic rings. The Kier molecular flexibility index (Phi) is 5.92. The number of benzene rings is 1. The van der Waals surface area contributed by atoms with E-state index in [0.29, 0.717) is 30.3 Å². The number of nitrogens with two attached hydrogens (primary N) is 1. The van der Waals surface area contributed by atoms with Gasteiger partial charge >= 0.3 is 0 Å². The second-order valence-corrected chi connectivity index (χ2v) is 8.04. The molecule has 0 aromatic heterocycles. The first-order chi connectivity index (χ1) is 10.1. The zero-order chi connectivity index (χ0) is 15.3. The summed E-state index contributed by atoms with van der Waals surface area (Å²) in [7, 11) is -3.41. The van der Waals surface area contributed by atoms with Crippen molar-refractivity contribution in [1.82, 2.24) is 4.31 Å². The van der Waals surface area contributed by atoms with Crippen LogP contribution in [0.4, 0.5) is 0 Å². The standard InChI is InChI=1S/C14H22N2O3S2/c1-12-11-20-10-8-16(12)21(17,18)14-5-3-13(4-6-14)19-9-2-7-15/h3-6,12H,2,7-11,15H2,1H3. The zero-order valence-electron chi connectivity index (χ0n) is 12.2. The third kappa shape index (κ3) is 4.12. The summed E-state index contributed by atoms with van der Waals surface area (Å²) in [6, 6.07) is 6.66. The van der Waals surface area contributed by atoms with Crippen LogP contribution in [0.2, 0.25) is 0 Å². The van der Waals surface area contributed by atoms with Gasteiger partial charge < -0.3 is 10.5 Å². The van der Waals surface area contributed by atoms with Crippen molar-refractivity contribution in [2.24, 2.45) is 5.73 Å². The van der Waals surface area contributed by atoms with Gasteiger partial charge in [0.05, 0.1) is 11.5 Å². The van der Waals surface area contributed by atoms with Crippen LogP contribution >= 0.6 is 11.8 Å². The van der Waals surface area contributed by atoms with Gasteiger partial charge in [0.15, 0.2) is 0 Å². The van der Waals surface area contributed by atoms with E-state index in [-0.39, 0.29) is 6.04 Å². The van der Waals surface area contributed by atoms with Gasteiger partial charge in [0, 0.05) is 24.1 Å². The third-order valence-corrected chi connectivity index (χ3v) is 6.57. The van der Waals surface area contributed by atoms with Crippen LogP contribution in [0.25, 0.3) is 0 Å². The van der Waals surface area contributed by atoms with Gasteiger partial charge in [-0.05, 0) is 44.2 Å². The van der Waals surface area contributed by atoms with Crippen LogP contribution in [0.1, 0.15) is 13.3 Å². The first-order valence-corrected chi connectivity index (χ1v) is 9.67. The highest BCUT2D eigenvalue weighted by Crippen LogP contribution is 2.25. The molecule has 1 aromatic carbocycles. The number of nitrogens with zero attached hydrogens (tertiary/aromatic N) is 1. The highest BCUT2D eigenvalue weighted by Gasteiger charge is 2.31. The minimum atomic E-state index is -3.41. The fourth-order valence-electron chi connectivity index (χ4n) is 2.19. The van der Waals surface area contributed by atoms with E-state index in [1.165, 1.54) is 0 Å². The smallest absolute Gasteiger partial charge is 0.243 e. The van der Waals surface area contributed by atoms with Gasteiger partial charge in [-0.25, -0.2) is 8.42 Å².